The molecule has 0 radical (unpaired) electrons. The van der Waals surface area contributed by atoms with E-state index in [-0.39, 0.29) is 5.75 Å². The van der Waals surface area contributed by atoms with Gasteiger partial charge in [0.15, 0.2) is 4.73 Å². The molecule has 0 aliphatic rings. The average Bonchev–Trinajstić information content (AvgIpc) is 2.52. The molecule has 92 valence electrons. The van der Waals surface area contributed by atoms with Gasteiger partial charge in [-0.15, -0.1) is 5.10 Å². The van der Waals surface area contributed by atoms with Gasteiger partial charge in [0.1, 0.15) is 0 Å². The molecule has 1 aromatic rings. The standard InChI is InChI=1S/C7H12Br2N4O2S/c1-2-16(14,15)10-4-3-5-13-7(9)11-6(8)12-13/h10H,2-5H2,1H3. The van der Waals surface area contributed by atoms with Crippen LogP contribution in [-0.4, -0.2) is 35.5 Å². The first-order valence-electron chi connectivity index (χ1n) is 4.68. The first-order chi connectivity index (χ1) is 7.44. The minimum Gasteiger partial charge on any atom is -0.239 e. The van der Waals surface area contributed by atoms with E-state index in [9.17, 15) is 8.42 Å². The van der Waals surface area contributed by atoms with E-state index in [1.165, 1.54) is 0 Å². The van der Waals surface area contributed by atoms with E-state index in [0.717, 1.165) is 0 Å². The van der Waals surface area contributed by atoms with Crippen LogP contribution < -0.4 is 4.72 Å². The average molecular weight is 376 g/mol. The van der Waals surface area contributed by atoms with E-state index in [1.807, 2.05) is 0 Å². The molecule has 0 aromatic carbocycles. The fourth-order valence-corrected chi connectivity index (χ4v) is 2.68. The molecule has 1 heterocycles. The molecular formula is C7H12Br2N4O2S. The molecule has 0 atom stereocenters. The van der Waals surface area contributed by atoms with Gasteiger partial charge in [-0.25, -0.2) is 17.8 Å². The summed E-state index contributed by atoms with van der Waals surface area (Å²) in [7, 11) is -3.10. The van der Waals surface area contributed by atoms with E-state index < -0.39 is 10.0 Å². The van der Waals surface area contributed by atoms with Crippen LogP contribution in [0.5, 0.6) is 0 Å². The van der Waals surface area contributed by atoms with Crippen molar-refractivity contribution in [3.05, 3.63) is 9.47 Å². The van der Waals surface area contributed by atoms with Gasteiger partial charge in [0.2, 0.25) is 14.8 Å². The molecule has 6 nitrogen and oxygen atoms in total. The predicted molar refractivity (Wildman–Crippen MR) is 67.5 cm³/mol. The molecule has 0 spiro atoms. The van der Waals surface area contributed by atoms with Crippen molar-refractivity contribution in [1.29, 1.82) is 0 Å². The van der Waals surface area contributed by atoms with Gasteiger partial charge in [0, 0.05) is 13.1 Å². The number of aromatic nitrogens is 3. The fraction of sp³-hybridized carbons (Fsp3) is 0.714. The molecule has 0 aliphatic heterocycles. The van der Waals surface area contributed by atoms with Gasteiger partial charge in [0.05, 0.1) is 5.75 Å². The molecule has 1 rings (SSSR count). The van der Waals surface area contributed by atoms with E-state index >= 15 is 0 Å². The maximum absolute atomic E-state index is 11.1. The number of hydrogen-bond acceptors (Lipinski definition) is 4. The molecule has 1 aromatic heterocycles. The zero-order chi connectivity index (χ0) is 12.2. The molecule has 16 heavy (non-hydrogen) atoms. The number of nitrogens with zero attached hydrogens (tertiary/aromatic N) is 3. The van der Waals surface area contributed by atoms with Crippen molar-refractivity contribution in [2.24, 2.45) is 0 Å². The van der Waals surface area contributed by atoms with Crippen molar-refractivity contribution in [2.45, 2.75) is 19.9 Å². The third kappa shape index (κ3) is 4.48. The Balaban J connectivity index is 2.34. The van der Waals surface area contributed by atoms with Crippen LogP contribution in [0.3, 0.4) is 0 Å². The van der Waals surface area contributed by atoms with Crippen LogP contribution in [0.1, 0.15) is 13.3 Å². The maximum atomic E-state index is 11.1. The van der Waals surface area contributed by atoms with Gasteiger partial charge in [-0.1, -0.05) is 0 Å². The Morgan fingerprint density at radius 2 is 2.12 bits per heavy atom. The van der Waals surface area contributed by atoms with Crippen LogP contribution in [0.15, 0.2) is 9.47 Å². The van der Waals surface area contributed by atoms with Gasteiger partial charge in [-0.05, 0) is 45.2 Å². The lowest BCUT2D eigenvalue weighted by atomic mass is 10.4. The number of sulfonamides is 1. The second kappa shape index (κ2) is 6.08. The van der Waals surface area contributed by atoms with E-state index in [2.05, 4.69) is 46.7 Å². The van der Waals surface area contributed by atoms with Crippen molar-refractivity contribution in [1.82, 2.24) is 19.5 Å². The Morgan fingerprint density at radius 3 is 2.62 bits per heavy atom. The summed E-state index contributed by atoms with van der Waals surface area (Å²) in [5, 5.41) is 4.06. The molecule has 0 fully saturated rings. The summed E-state index contributed by atoms with van der Waals surface area (Å²) < 4.78 is 27.5. The normalized spacial score (nSPS) is 11.9. The van der Waals surface area contributed by atoms with Crippen molar-refractivity contribution in [2.75, 3.05) is 12.3 Å². The minimum atomic E-state index is -3.10. The van der Waals surface area contributed by atoms with Crippen molar-refractivity contribution in [3.8, 4) is 0 Å². The Kier molecular flexibility index (Phi) is 5.35. The molecule has 0 saturated carbocycles. The van der Waals surface area contributed by atoms with E-state index in [1.54, 1.807) is 11.6 Å². The molecule has 0 saturated heterocycles. The second-order valence-corrected chi connectivity index (χ2v) is 6.54. The van der Waals surface area contributed by atoms with Crippen LogP contribution in [0.4, 0.5) is 0 Å². The predicted octanol–water partition coefficient (Wildman–Crippen LogP) is 1.13. The van der Waals surface area contributed by atoms with Crippen molar-refractivity contribution >= 4 is 41.9 Å². The lowest BCUT2D eigenvalue weighted by Crippen LogP contribution is -2.27. The lowest BCUT2D eigenvalue weighted by Gasteiger charge is -2.04. The van der Waals surface area contributed by atoms with E-state index in [0.29, 0.717) is 29.0 Å². The molecule has 1 N–H and O–H groups in total. The number of rotatable bonds is 6. The molecule has 0 unspecified atom stereocenters. The van der Waals surface area contributed by atoms with Gasteiger partial charge in [-0.3, -0.25) is 0 Å². The largest absolute Gasteiger partial charge is 0.239 e. The van der Waals surface area contributed by atoms with Crippen molar-refractivity contribution < 1.29 is 8.42 Å². The quantitative estimate of drug-likeness (QED) is 0.756. The van der Waals surface area contributed by atoms with Crippen LogP contribution >= 0.6 is 31.9 Å². The van der Waals surface area contributed by atoms with Crippen LogP contribution in [0, 0.1) is 0 Å². The first kappa shape index (κ1) is 14.1. The fourth-order valence-electron chi connectivity index (χ4n) is 0.998. The second-order valence-electron chi connectivity index (χ2n) is 3.02. The number of hydrogen-bond donors (Lipinski definition) is 1. The summed E-state index contributed by atoms with van der Waals surface area (Å²) in [5.74, 6) is 0.103. The minimum absolute atomic E-state index is 0.103. The number of halogens is 2. The maximum Gasteiger partial charge on any atom is 0.218 e. The van der Waals surface area contributed by atoms with Gasteiger partial charge in [0.25, 0.3) is 0 Å². The zero-order valence-electron chi connectivity index (χ0n) is 8.65. The SMILES string of the molecule is CCS(=O)(=O)NCCCn1nc(Br)nc1Br. The third-order valence-electron chi connectivity index (χ3n) is 1.85. The Bertz CT molecular complexity index is 445. The summed E-state index contributed by atoms with van der Waals surface area (Å²) in [6.45, 7) is 2.61. The molecule has 0 bridgehead atoms. The molecule has 0 amide bonds. The van der Waals surface area contributed by atoms with Crippen LogP contribution in [0.25, 0.3) is 0 Å². The van der Waals surface area contributed by atoms with Gasteiger partial charge >= 0.3 is 0 Å². The topological polar surface area (TPSA) is 76.9 Å². The summed E-state index contributed by atoms with van der Waals surface area (Å²) >= 11 is 6.39. The highest BCUT2D eigenvalue weighted by Crippen LogP contribution is 2.11. The summed E-state index contributed by atoms with van der Waals surface area (Å²) in [6, 6.07) is 0. The Morgan fingerprint density at radius 1 is 1.44 bits per heavy atom. The molecule has 0 aliphatic carbocycles. The van der Waals surface area contributed by atoms with Crippen LogP contribution in [0.2, 0.25) is 0 Å². The third-order valence-corrected chi connectivity index (χ3v) is 4.18. The van der Waals surface area contributed by atoms with Gasteiger partial charge in [-0.2, -0.15) is 4.98 Å². The summed E-state index contributed by atoms with van der Waals surface area (Å²) in [5.41, 5.74) is 0. The van der Waals surface area contributed by atoms with E-state index in [4.69, 9.17) is 0 Å². The Hall–Kier alpha value is 0.01000. The van der Waals surface area contributed by atoms with Crippen LogP contribution in [-0.2, 0) is 16.6 Å². The highest BCUT2D eigenvalue weighted by atomic mass is 79.9. The first-order valence-corrected chi connectivity index (χ1v) is 7.91. The summed E-state index contributed by atoms with van der Waals surface area (Å²) in [6.07, 6.45) is 0.660. The van der Waals surface area contributed by atoms with Gasteiger partial charge < -0.3 is 0 Å². The smallest absolute Gasteiger partial charge is 0.218 e. The molecule has 9 heteroatoms. The lowest BCUT2D eigenvalue weighted by molar-refractivity contribution is 0.545. The monoisotopic (exact) mass is 374 g/mol. The molecular weight excluding hydrogens is 364 g/mol. The summed E-state index contributed by atoms with van der Waals surface area (Å²) in [4.78, 5) is 4.00. The zero-order valence-corrected chi connectivity index (χ0v) is 12.6. The van der Waals surface area contributed by atoms with Crippen molar-refractivity contribution in [3.63, 3.8) is 0 Å². The number of aryl methyl sites for hydroxylation is 1. The highest BCUT2D eigenvalue weighted by molar-refractivity contribution is 9.11. The number of nitrogens with one attached hydrogen (secondary N) is 1. The Labute approximate surface area is 111 Å². The highest BCUT2D eigenvalue weighted by Gasteiger charge is 2.07.